The smallest absolute Gasteiger partial charge is 0.248 e. The summed E-state index contributed by atoms with van der Waals surface area (Å²) in [5, 5.41) is 12.4. The van der Waals surface area contributed by atoms with Gasteiger partial charge < -0.3 is 19.6 Å². The summed E-state index contributed by atoms with van der Waals surface area (Å²) in [7, 11) is 0. The number of aliphatic hydroxyl groups is 1. The average Bonchev–Trinajstić information content (AvgIpc) is 3.10. The van der Waals surface area contributed by atoms with Crippen LogP contribution >= 0.6 is 0 Å². The molecule has 0 fully saturated rings. The maximum absolute atomic E-state index is 12.3. The van der Waals surface area contributed by atoms with E-state index in [0.29, 0.717) is 24.4 Å². The molecule has 1 aromatic heterocycles. The van der Waals surface area contributed by atoms with Crippen molar-refractivity contribution in [2.45, 2.75) is 64.2 Å². The Hall–Kier alpha value is -4.23. The number of benzene rings is 4. The van der Waals surface area contributed by atoms with Crippen molar-refractivity contribution in [1.82, 2.24) is 9.88 Å². The van der Waals surface area contributed by atoms with Crippen LogP contribution in [0.1, 0.15) is 66.9 Å². The maximum atomic E-state index is 12.3. The molecule has 0 aliphatic heterocycles. The minimum Gasteiger partial charge on any atom is -0.487 e. The second-order valence-electron chi connectivity index (χ2n) is 12.2. The van der Waals surface area contributed by atoms with E-state index in [1.165, 1.54) is 17.2 Å². The standard InChI is InChI=1S/C41H48N2O4/c44-38(36-23-25-39(41-37(36)24-26-40(45)42-41)47-32-35-21-10-5-11-22-35)31-43(30-34-19-8-4-9-20-34)27-13-1-2-14-28-46-29-15-12-18-33-16-6-3-7-17-33/h3-11,16-17,19-26,38,44H,1-2,12-15,18,27-32H2,(H,42,45)/t38-/m0/s1. The first-order valence-electron chi connectivity index (χ1n) is 17.0. The van der Waals surface area contributed by atoms with E-state index >= 15 is 0 Å². The molecule has 5 aromatic rings. The Bertz CT molecular complexity index is 1660. The molecule has 0 radical (unpaired) electrons. The van der Waals surface area contributed by atoms with Gasteiger partial charge >= 0.3 is 0 Å². The highest BCUT2D eigenvalue weighted by Gasteiger charge is 2.19. The molecule has 0 saturated carbocycles. The number of aromatic nitrogens is 1. The number of aromatic amines is 1. The number of nitrogens with one attached hydrogen (secondary N) is 1. The van der Waals surface area contributed by atoms with Gasteiger partial charge in [0.15, 0.2) is 0 Å². The topological polar surface area (TPSA) is 74.8 Å². The van der Waals surface area contributed by atoms with Crippen LogP contribution in [0.25, 0.3) is 10.9 Å². The molecule has 246 valence electrons. The highest BCUT2D eigenvalue weighted by molar-refractivity contribution is 5.87. The van der Waals surface area contributed by atoms with Gasteiger partial charge in [0.2, 0.25) is 5.56 Å². The molecular formula is C41H48N2O4. The van der Waals surface area contributed by atoms with Crippen LogP contribution in [0.2, 0.25) is 0 Å². The van der Waals surface area contributed by atoms with Gasteiger partial charge in [-0.25, -0.2) is 0 Å². The van der Waals surface area contributed by atoms with Crippen molar-refractivity contribution in [3.8, 4) is 5.75 Å². The van der Waals surface area contributed by atoms with Crippen LogP contribution in [0.4, 0.5) is 0 Å². The summed E-state index contributed by atoms with van der Waals surface area (Å²) < 4.78 is 12.0. The van der Waals surface area contributed by atoms with Gasteiger partial charge in [0.05, 0.1) is 11.6 Å². The minimum atomic E-state index is -0.731. The van der Waals surface area contributed by atoms with Gasteiger partial charge in [-0.1, -0.05) is 110 Å². The molecule has 0 unspecified atom stereocenters. The van der Waals surface area contributed by atoms with E-state index in [-0.39, 0.29) is 5.56 Å². The molecule has 0 spiro atoms. The monoisotopic (exact) mass is 632 g/mol. The van der Waals surface area contributed by atoms with Crippen molar-refractivity contribution in [3.05, 3.63) is 148 Å². The summed E-state index contributed by atoms with van der Waals surface area (Å²) in [6, 6.07) is 38.1. The Morgan fingerprint density at radius 1 is 0.660 bits per heavy atom. The van der Waals surface area contributed by atoms with Gasteiger partial charge in [-0.05, 0) is 73.0 Å². The minimum absolute atomic E-state index is 0.201. The fourth-order valence-electron chi connectivity index (χ4n) is 5.99. The van der Waals surface area contributed by atoms with E-state index in [0.717, 1.165) is 87.8 Å². The number of aryl methyl sites for hydroxylation is 1. The van der Waals surface area contributed by atoms with Gasteiger partial charge in [-0.15, -0.1) is 0 Å². The average molecular weight is 633 g/mol. The molecule has 0 saturated heterocycles. The number of fused-ring (bicyclic) bond motifs is 1. The molecule has 47 heavy (non-hydrogen) atoms. The van der Waals surface area contributed by atoms with Gasteiger partial charge in [0.1, 0.15) is 12.4 Å². The van der Waals surface area contributed by atoms with Crippen molar-refractivity contribution in [3.63, 3.8) is 0 Å². The number of rotatable bonds is 20. The third-order valence-electron chi connectivity index (χ3n) is 8.53. The zero-order valence-corrected chi connectivity index (χ0v) is 27.4. The lowest BCUT2D eigenvalue weighted by molar-refractivity contribution is 0.108. The predicted molar refractivity (Wildman–Crippen MR) is 191 cm³/mol. The van der Waals surface area contributed by atoms with Crippen molar-refractivity contribution in [1.29, 1.82) is 0 Å². The summed E-state index contributed by atoms with van der Waals surface area (Å²) in [4.78, 5) is 17.6. The van der Waals surface area contributed by atoms with E-state index < -0.39 is 6.10 Å². The highest BCUT2D eigenvalue weighted by Crippen LogP contribution is 2.31. The van der Waals surface area contributed by atoms with Gasteiger partial charge in [-0.2, -0.15) is 0 Å². The second-order valence-corrected chi connectivity index (χ2v) is 12.2. The van der Waals surface area contributed by atoms with Gasteiger partial charge in [0.25, 0.3) is 0 Å². The number of aliphatic hydroxyl groups excluding tert-OH is 1. The third kappa shape index (κ3) is 11.2. The molecule has 0 amide bonds. The Morgan fingerprint density at radius 2 is 1.30 bits per heavy atom. The number of hydrogen-bond donors (Lipinski definition) is 2. The molecule has 6 nitrogen and oxygen atoms in total. The van der Waals surface area contributed by atoms with Gasteiger partial charge in [0, 0.05) is 37.8 Å². The molecule has 6 heteroatoms. The summed E-state index contributed by atoms with van der Waals surface area (Å²) in [5.41, 5.74) is 4.85. The lowest BCUT2D eigenvalue weighted by Crippen LogP contribution is -2.29. The van der Waals surface area contributed by atoms with Crippen LogP contribution in [0, 0.1) is 0 Å². The summed E-state index contributed by atoms with van der Waals surface area (Å²) in [5.74, 6) is 0.592. The molecular weight excluding hydrogens is 584 g/mol. The number of hydrogen-bond acceptors (Lipinski definition) is 5. The lowest BCUT2D eigenvalue weighted by Gasteiger charge is -2.26. The quantitative estimate of drug-likeness (QED) is 0.0846. The largest absolute Gasteiger partial charge is 0.487 e. The van der Waals surface area contributed by atoms with Crippen LogP contribution < -0.4 is 10.3 Å². The van der Waals surface area contributed by atoms with Crippen molar-refractivity contribution in [2.24, 2.45) is 0 Å². The molecule has 0 bridgehead atoms. The lowest BCUT2D eigenvalue weighted by atomic mass is 10.0. The molecule has 0 aliphatic rings. The highest BCUT2D eigenvalue weighted by atomic mass is 16.5. The second kappa shape index (κ2) is 18.8. The van der Waals surface area contributed by atoms with Crippen molar-refractivity contribution >= 4 is 10.9 Å². The number of ether oxygens (including phenoxy) is 2. The van der Waals surface area contributed by atoms with Crippen LogP contribution in [0.5, 0.6) is 5.75 Å². The first-order valence-corrected chi connectivity index (χ1v) is 17.0. The Kier molecular flexibility index (Phi) is 13.6. The zero-order valence-electron chi connectivity index (χ0n) is 27.4. The van der Waals surface area contributed by atoms with Crippen molar-refractivity contribution < 1.29 is 14.6 Å². The molecule has 0 aliphatic carbocycles. The number of H-pyrrole nitrogens is 1. The van der Waals surface area contributed by atoms with E-state index in [4.69, 9.17) is 9.47 Å². The molecule has 5 rings (SSSR count). The normalized spacial score (nSPS) is 12.0. The van der Waals surface area contributed by atoms with Crippen LogP contribution in [0.15, 0.2) is 120 Å². The number of pyridine rings is 1. The van der Waals surface area contributed by atoms with E-state index in [1.807, 2.05) is 48.5 Å². The first kappa shape index (κ1) is 34.1. The van der Waals surface area contributed by atoms with Crippen LogP contribution in [0.3, 0.4) is 0 Å². The molecule has 2 N–H and O–H groups in total. The van der Waals surface area contributed by atoms with Crippen LogP contribution in [-0.2, 0) is 24.3 Å². The van der Waals surface area contributed by atoms with Crippen LogP contribution in [-0.4, -0.2) is 41.3 Å². The molecule has 1 heterocycles. The number of unbranched alkanes of at least 4 members (excludes halogenated alkanes) is 4. The summed E-state index contributed by atoms with van der Waals surface area (Å²) in [6.45, 7) is 4.17. The van der Waals surface area contributed by atoms with Gasteiger partial charge in [-0.3, -0.25) is 9.69 Å². The Balaban J connectivity index is 1.12. The summed E-state index contributed by atoms with van der Waals surface area (Å²) in [6.07, 6.45) is 7.02. The first-order chi connectivity index (χ1) is 23.2. The maximum Gasteiger partial charge on any atom is 0.248 e. The van der Waals surface area contributed by atoms with Crippen molar-refractivity contribution in [2.75, 3.05) is 26.3 Å². The zero-order chi connectivity index (χ0) is 32.5. The Morgan fingerprint density at radius 3 is 2.02 bits per heavy atom. The molecule has 1 atom stereocenters. The molecule has 4 aromatic carbocycles. The SMILES string of the molecule is O=c1ccc2c([C@@H](O)CN(CCCCCCOCCCCc3ccccc3)Cc3ccccc3)ccc(OCc3ccccc3)c2[nH]1. The Labute approximate surface area is 279 Å². The fourth-order valence-corrected chi connectivity index (χ4v) is 5.99. The fraction of sp³-hybridized carbons (Fsp3) is 0.341. The number of nitrogens with zero attached hydrogens (tertiary/aromatic N) is 1. The third-order valence-corrected chi connectivity index (χ3v) is 8.53. The van der Waals surface area contributed by atoms with E-state index in [1.54, 1.807) is 6.07 Å². The predicted octanol–water partition coefficient (Wildman–Crippen LogP) is 8.24. The van der Waals surface area contributed by atoms with E-state index in [2.05, 4.69) is 64.5 Å². The van der Waals surface area contributed by atoms with E-state index in [9.17, 15) is 9.90 Å². The summed E-state index contributed by atoms with van der Waals surface area (Å²) >= 11 is 0.